The molecular weight excluding hydrogens is 328 g/mol. The second-order valence-electron chi connectivity index (χ2n) is 4.52. The Labute approximate surface area is 124 Å². The number of hydrogen-bond donors (Lipinski definition) is 1. The van der Waals surface area contributed by atoms with Crippen LogP contribution in [0.3, 0.4) is 0 Å². The first-order valence-corrected chi connectivity index (χ1v) is 8.62. The summed E-state index contributed by atoms with van der Waals surface area (Å²) in [6, 6.07) is 2.58. The highest BCUT2D eigenvalue weighted by atomic mass is 79.9. The molecule has 0 saturated carbocycles. The summed E-state index contributed by atoms with van der Waals surface area (Å²) in [7, 11) is 0. The second kappa shape index (κ2) is 5.43. The maximum absolute atomic E-state index is 6.00. The van der Waals surface area contributed by atoms with E-state index in [9.17, 15) is 0 Å². The van der Waals surface area contributed by atoms with Crippen LogP contribution < -0.4 is 5.73 Å². The number of nitrogens with zero attached hydrogens (tertiary/aromatic N) is 1. The summed E-state index contributed by atoms with van der Waals surface area (Å²) in [5.74, 6) is 0. The van der Waals surface area contributed by atoms with Crippen molar-refractivity contribution in [3.8, 4) is 0 Å². The Morgan fingerprint density at radius 2 is 2.33 bits per heavy atom. The third-order valence-corrected chi connectivity index (χ3v) is 6.28. The monoisotopic (exact) mass is 342 g/mol. The summed E-state index contributed by atoms with van der Waals surface area (Å²) in [6.45, 7) is 2.81. The van der Waals surface area contributed by atoms with Crippen LogP contribution in [0.2, 0.25) is 0 Å². The normalized spacial score (nSPS) is 17.7. The number of nitrogens with two attached hydrogens (primary N) is 1. The van der Waals surface area contributed by atoms with Gasteiger partial charge in [-0.2, -0.15) is 11.3 Å². The molecule has 2 aromatic heterocycles. The van der Waals surface area contributed by atoms with Crippen LogP contribution in [-0.4, -0.2) is 18.0 Å². The molecular formula is C13H15BrN2S2. The molecule has 3 heterocycles. The maximum Gasteiger partial charge on any atom is 0.0493 e. The molecule has 1 aliphatic rings. The van der Waals surface area contributed by atoms with E-state index in [1.54, 1.807) is 16.2 Å². The van der Waals surface area contributed by atoms with E-state index in [1.807, 2.05) is 11.3 Å². The number of thiophene rings is 2. The number of fused-ring (bicyclic) bond motifs is 1. The van der Waals surface area contributed by atoms with Crippen molar-refractivity contribution < 1.29 is 0 Å². The molecule has 1 atom stereocenters. The van der Waals surface area contributed by atoms with Crippen LogP contribution in [0.5, 0.6) is 0 Å². The summed E-state index contributed by atoms with van der Waals surface area (Å²) < 4.78 is 1.19. The maximum atomic E-state index is 6.00. The second-order valence-corrected chi connectivity index (χ2v) is 7.11. The first-order chi connectivity index (χ1) is 8.79. The zero-order valence-electron chi connectivity index (χ0n) is 9.93. The molecule has 1 unspecified atom stereocenters. The molecule has 0 fully saturated rings. The van der Waals surface area contributed by atoms with Gasteiger partial charge in [0.15, 0.2) is 0 Å². The number of hydrogen-bond acceptors (Lipinski definition) is 4. The van der Waals surface area contributed by atoms with Crippen molar-refractivity contribution in [2.24, 2.45) is 5.73 Å². The lowest BCUT2D eigenvalue weighted by molar-refractivity contribution is 0.185. The predicted molar refractivity (Wildman–Crippen MR) is 82.2 cm³/mol. The fourth-order valence-electron chi connectivity index (χ4n) is 2.54. The SMILES string of the molecule is NCC(c1cscc1Br)N1CCc2sccc2C1. The van der Waals surface area contributed by atoms with E-state index >= 15 is 0 Å². The Bertz CT molecular complexity index is 535. The molecule has 0 aliphatic carbocycles. The van der Waals surface area contributed by atoms with E-state index in [2.05, 4.69) is 43.0 Å². The van der Waals surface area contributed by atoms with Crippen LogP contribution in [0.15, 0.2) is 26.7 Å². The van der Waals surface area contributed by atoms with Gasteiger partial charge in [-0.1, -0.05) is 0 Å². The van der Waals surface area contributed by atoms with Crippen molar-refractivity contribution in [1.82, 2.24) is 4.90 Å². The van der Waals surface area contributed by atoms with Crippen LogP contribution in [0.25, 0.3) is 0 Å². The highest BCUT2D eigenvalue weighted by Crippen LogP contribution is 2.34. The molecule has 2 nitrogen and oxygen atoms in total. The number of halogens is 1. The van der Waals surface area contributed by atoms with E-state index in [4.69, 9.17) is 5.73 Å². The van der Waals surface area contributed by atoms with Gasteiger partial charge in [-0.3, -0.25) is 4.90 Å². The summed E-state index contributed by atoms with van der Waals surface area (Å²) >= 11 is 7.25. The minimum absolute atomic E-state index is 0.332. The first kappa shape index (κ1) is 12.8. The molecule has 0 radical (unpaired) electrons. The number of rotatable bonds is 3. The zero-order valence-corrected chi connectivity index (χ0v) is 13.2. The van der Waals surface area contributed by atoms with Gasteiger partial charge in [-0.25, -0.2) is 0 Å². The topological polar surface area (TPSA) is 29.3 Å². The quantitative estimate of drug-likeness (QED) is 0.922. The van der Waals surface area contributed by atoms with Gasteiger partial charge in [0.05, 0.1) is 0 Å². The summed E-state index contributed by atoms with van der Waals surface area (Å²) in [4.78, 5) is 4.05. The van der Waals surface area contributed by atoms with Crippen LogP contribution in [0.1, 0.15) is 22.0 Å². The van der Waals surface area contributed by atoms with Gasteiger partial charge < -0.3 is 5.73 Å². The fourth-order valence-corrected chi connectivity index (χ4v) is 5.04. The van der Waals surface area contributed by atoms with Gasteiger partial charge in [0.25, 0.3) is 0 Å². The highest BCUT2D eigenvalue weighted by Gasteiger charge is 2.25. The largest absolute Gasteiger partial charge is 0.329 e. The lowest BCUT2D eigenvalue weighted by Gasteiger charge is -2.34. The van der Waals surface area contributed by atoms with Gasteiger partial charge >= 0.3 is 0 Å². The van der Waals surface area contributed by atoms with Gasteiger partial charge in [0.1, 0.15) is 0 Å². The molecule has 0 bridgehead atoms. The molecule has 2 N–H and O–H groups in total. The average molecular weight is 343 g/mol. The molecule has 0 saturated heterocycles. The zero-order chi connectivity index (χ0) is 12.5. The molecule has 18 heavy (non-hydrogen) atoms. The van der Waals surface area contributed by atoms with Crippen LogP contribution >= 0.6 is 38.6 Å². The van der Waals surface area contributed by atoms with Crippen molar-refractivity contribution in [1.29, 1.82) is 0 Å². The molecule has 5 heteroatoms. The Hall–Kier alpha value is -0.200. The van der Waals surface area contributed by atoms with E-state index in [0.29, 0.717) is 12.6 Å². The van der Waals surface area contributed by atoms with E-state index in [0.717, 1.165) is 19.5 Å². The van der Waals surface area contributed by atoms with Crippen molar-refractivity contribution >= 4 is 38.6 Å². The average Bonchev–Trinajstić information content (AvgIpc) is 2.99. The molecule has 96 valence electrons. The van der Waals surface area contributed by atoms with Crippen molar-refractivity contribution in [2.75, 3.05) is 13.1 Å². The summed E-state index contributed by atoms with van der Waals surface area (Å²) in [5, 5.41) is 6.55. The van der Waals surface area contributed by atoms with Gasteiger partial charge in [-0.05, 0) is 50.3 Å². The lowest BCUT2D eigenvalue weighted by atomic mass is 10.0. The molecule has 0 amide bonds. The van der Waals surface area contributed by atoms with E-state index < -0.39 is 0 Å². The smallest absolute Gasteiger partial charge is 0.0493 e. The van der Waals surface area contributed by atoms with Crippen molar-refractivity contribution in [3.05, 3.63) is 42.7 Å². The van der Waals surface area contributed by atoms with Crippen LogP contribution in [0.4, 0.5) is 0 Å². The fraction of sp³-hybridized carbons (Fsp3) is 0.385. The Morgan fingerprint density at radius 1 is 1.44 bits per heavy atom. The minimum Gasteiger partial charge on any atom is -0.329 e. The van der Waals surface area contributed by atoms with Crippen molar-refractivity contribution in [3.63, 3.8) is 0 Å². The molecule has 3 rings (SSSR count). The lowest BCUT2D eigenvalue weighted by Crippen LogP contribution is -2.37. The summed E-state index contributed by atoms with van der Waals surface area (Å²) in [5.41, 5.74) is 8.82. The van der Waals surface area contributed by atoms with E-state index in [-0.39, 0.29) is 0 Å². The Balaban J connectivity index is 1.84. The van der Waals surface area contributed by atoms with Crippen LogP contribution in [0, 0.1) is 0 Å². The van der Waals surface area contributed by atoms with E-state index in [1.165, 1.54) is 15.6 Å². The summed E-state index contributed by atoms with van der Waals surface area (Å²) in [6.07, 6.45) is 1.16. The molecule has 0 aromatic carbocycles. The Morgan fingerprint density at radius 3 is 3.06 bits per heavy atom. The third kappa shape index (κ3) is 2.30. The first-order valence-electron chi connectivity index (χ1n) is 6.00. The van der Waals surface area contributed by atoms with Gasteiger partial charge in [0, 0.05) is 40.4 Å². The van der Waals surface area contributed by atoms with Crippen LogP contribution in [-0.2, 0) is 13.0 Å². The van der Waals surface area contributed by atoms with Gasteiger partial charge in [-0.15, -0.1) is 11.3 Å². The van der Waals surface area contributed by atoms with Gasteiger partial charge in [0.2, 0.25) is 0 Å². The standard InChI is InChI=1S/C13H15BrN2S2/c14-11-8-17-7-10(11)12(5-15)16-3-1-13-9(6-16)2-4-18-13/h2,4,7-8,12H,1,3,5-6,15H2. The highest BCUT2D eigenvalue weighted by molar-refractivity contribution is 9.10. The molecule has 0 spiro atoms. The predicted octanol–water partition coefficient (Wildman–Crippen LogP) is 3.63. The molecule has 1 aliphatic heterocycles. The third-order valence-electron chi connectivity index (χ3n) is 3.50. The van der Waals surface area contributed by atoms with Crippen molar-refractivity contribution in [2.45, 2.75) is 19.0 Å². The molecule has 2 aromatic rings. The minimum atomic E-state index is 0.332. The Kier molecular flexibility index (Phi) is 3.86.